The summed E-state index contributed by atoms with van der Waals surface area (Å²) in [4.78, 5) is 27.5. The van der Waals surface area contributed by atoms with Crippen molar-refractivity contribution in [2.24, 2.45) is 5.92 Å². The van der Waals surface area contributed by atoms with Crippen LogP contribution in [0.5, 0.6) is 5.75 Å². The molecule has 0 saturated heterocycles. The minimum Gasteiger partial charge on any atom is -0.484 e. The fourth-order valence-corrected chi connectivity index (χ4v) is 3.07. The maximum Gasteiger partial charge on any atom is 0.261 e. The molecule has 0 aliphatic heterocycles. The Bertz CT molecular complexity index is 837. The molecule has 0 unspecified atom stereocenters. The largest absolute Gasteiger partial charge is 0.484 e. The van der Waals surface area contributed by atoms with Gasteiger partial charge in [-0.25, -0.2) is 4.39 Å². The van der Waals surface area contributed by atoms with E-state index in [1.165, 1.54) is 24.3 Å². The molecule has 0 fully saturated rings. The Hall–Kier alpha value is -2.89. The van der Waals surface area contributed by atoms with Gasteiger partial charge in [-0.2, -0.15) is 0 Å². The van der Waals surface area contributed by atoms with E-state index in [4.69, 9.17) is 4.74 Å². The van der Waals surface area contributed by atoms with Crippen molar-refractivity contribution in [2.45, 2.75) is 46.7 Å². The molecule has 1 atom stereocenters. The Morgan fingerprint density at radius 3 is 2.37 bits per heavy atom. The van der Waals surface area contributed by atoms with Crippen molar-refractivity contribution >= 4 is 11.8 Å². The fourth-order valence-electron chi connectivity index (χ4n) is 3.07. The Morgan fingerprint density at radius 2 is 1.77 bits per heavy atom. The zero-order valence-corrected chi connectivity index (χ0v) is 18.2. The Kier molecular flexibility index (Phi) is 8.84. The maximum atomic E-state index is 13.1. The molecule has 0 spiro atoms. The zero-order chi connectivity index (χ0) is 22.1. The van der Waals surface area contributed by atoms with Crippen LogP contribution in [0.25, 0.3) is 0 Å². The number of hydrogen-bond donors (Lipinski definition) is 1. The van der Waals surface area contributed by atoms with E-state index in [2.05, 4.69) is 5.32 Å². The first-order valence-electron chi connectivity index (χ1n) is 10.3. The van der Waals surface area contributed by atoms with Gasteiger partial charge in [0.1, 0.15) is 17.6 Å². The molecular weight excluding hydrogens is 383 g/mol. The number of carbonyl (C=O) groups excluding carboxylic acids is 2. The minimum absolute atomic E-state index is 0.171. The molecule has 2 aromatic carbocycles. The second-order valence-electron chi connectivity index (χ2n) is 7.75. The molecule has 2 rings (SSSR count). The van der Waals surface area contributed by atoms with Gasteiger partial charge in [-0.05, 0) is 54.7 Å². The van der Waals surface area contributed by atoms with E-state index in [1.54, 1.807) is 4.90 Å². The summed E-state index contributed by atoms with van der Waals surface area (Å²) in [6.45, 7) is 8.54. The number of aryl methyl sites for hydroxylation is 1. The van der Waals surface area contributed by atoms with Crippen molar-refractivity contribution in [1.29, 1.82) is 0 Å². The number of nitrogens with one attached hydrogen (secondary N) is 1. The van der Waals surface area contributed by atoms with E-state index >= 15 is 0 Å². The van der Waals surface area contributed by atoms with Gasteiger partial charge in [-0.1, -0.05) is 45.0 Å². The highest BCUT2D eigenvalue weighted by Gasteiger charge is 2.29. The van der Waals surface area contributed by atoms with Crippen LogP contribution in [0.3, 0.4) is 0 Å². The lowest BCUT2D eigenvalue weighted by atomic mass is 10.1. The third-order valence-corrected chi connectivity index (χ3v) is 4.85. The van der Waals surface area contributed by atoms with Gasteiger partial charge in [0, 0.05) is 13.1 Å². The van der Waals surface area contributed by atoms with E-state index < -0.39 is 6.04 Å². The lowest BCUT2D eigenvalue weighted by molar-refractivity contribution is -0.143. The molecule has 5 nitrogen and oxygen atoms in total. The number of benzene rings is 2. The molecule has 0 aliphatic rings. The molecular formula is C24H31FN2O3. The van der Waals surface area contributed by atoms with Gasteiger partial charge in [-0.15, -0.1) is 0 Å². The average Bonchev–Trinajstić information content (AvgIpc) is 2.72. The highest BCUT2D eigenvalue weighted by atomic mass is 19.1. The van der Waals surface area contributed by atoms with Crippen LogP contribution >= 0.6 is 0 Å². The monoisotopic (exact) mass is 414 g/mol. The highest BCUT2D eigenvalue weighted by molar-refractivity contribution is 5.88. The Morgan fingerprint density at radius 1 is 1.10 bits per heavy atom. The van der Waals surface area contributed by atoms with E-state index in [9.17, 15) is 14.0 Å². The quantitative estimate of drug-likeness (QED) is 0.637. The molecule has 0 radical (unpaired) electrons. The van der Waals surface area contributed by atoms with Gasteiger partial charge in [-0.3, -0.25) is 9.59 Å². The molecule has 0 bridgehead atoms. The van der Waals surface area contributed by atoms with Crippen LogP contribution in [-0.4, -0.2) is 35.9 Å². The van der Waals surface area contributed by atoms with Crippen molar-refractivity contribution in [3.8, 4) is 5.75 Å². The standard InChI is InChI=1S/C24H31FN2O3/c1-5-22(24(29)26-14-17(2)3)27(15-19-9-7-6-8-18(19)4)23(28)16-30-21-12-10-20(25)11-13-21/h6-13,17,22H,5,14-16H2,1-4H3,(H,26,29)/t22-/m1/s1. The van der Waals surface area contributed by atoms with Crippen molar-refractivity contribution in [1.82, 2.24) is 10.2 Å². The molecule has 0 saturated carbocycles. The topological polar surface area (TPSA) is 58.6 Å². The molecule has 0 heterocycles. The van der Waals surface area contributed by atoms with Gasteiger partial charge in [0.2, 0.25) is 5.91 Å². The Labute approximate surface area is 178 Å². The van der Waals surface area contributed by atoms with Gasteiger partial charge in [0.25, 0.3) is 5.91 Å². The van der Waals surface area contributed by atoms with Crippen LogP contribution < -0.4 is 10.1 Å². The summed E-state index contributed by atoms with van der Waals surface area (Å²) in [5.74, 6) is -0.126. The van der Waals surface area contributed by atoms with Crippen LogP contribution in [0.1, 0.15) is 38.3 Å². The van der Waals surface area contributed by atoms with Crippen LogP contribution in [0.4, 0.5) is 4.39 Å². The fraction of sp³-hybridized carbons (Fsp3) is 0.417. The molecule has 0 aliphatic carbocycles. The predicted octanol–water partition coefficient (Wildman–Crippen LogP) is 4.09. The second-order valence-corrected chi connectivity index (χ2v) is 7.75. The summed E-state index contributed by atoms with van der Waals surface area (Å²) >= 11 is 0. The number of rotatable bonds is 10. The van der Waals surface area contributed by atoms with Crippen molar-refractivity contribution in [3.63, 3.8) is 0 Å². The summed E-state index contributed by atoms with van der Waals surface area (Å²) < 4.78 is 18.6. The first-order chi connectivity index (χ1) is 14.3. The molecule has 2 aromatic rings. The summed E-state index contributed by atoms with van der Waals surface area (Å²) in [6, 6.07) is 12.7. The maximum absolute atomic E-state index is 13.1. The summed E-state index contributed by atoms with van der Waals surface area (Å²) in [7, 11) is 0. The van der Waals surface area contributed by atoms with Crippen molar-refractivity contribution in [2.75, 3.05) is 13.2 Å². The van der Waals surface area contributed by atoms with E-state index in [0.717, 1.165) is 11.1 Å². The van der Waals surface area contributed by atoms with Crippen molar-refractivity contribution < 1.29 is 18.7 Å². The third-order valence-electron chi connectivity index (χ3n) is 4.85. The van der Waals surface area contributed by atoms with E-state index in [-0.39, 0.29) is 24.2 Å². The van der Waals surface area contributed by atoms with Gasteiger partial charge < -0.3 is 15.0 Å². The number of amides is 2. The smallest absolute Gasteiger partial charge is 0.261 e. The number of halogens is 1. The van der Waals surface area contributed by atoms with E-state index in [1.807, 2.05) is 52.0 Å². The Balaban J connectivity index is 2.19. The summed E-state index contributed by atoms with van der Waals surface area (Å²) in [5.41, 5.74) is 2.02. The summed E-state index contributed by atoms with van der Waals surface area (Å²) in [5, 5.41) is 2.93. The molecule has 1 N–H and O–H groups in total. The first-order valence-corrected chi connectivity index (χ1v) is 10.3. The van der Waals surface area contributed by atoms with Gasteiger partial charge in [0.15, 0.2) is 6.61 Å². The number of carbonyl (C=O) groups is 2. The van der Waals surface area contributed by atoms with Gasteiger partial charge >= 0.3 is 0 Å². The van der Waals surface area contributed by atoms with Gasteiger partial charge in [0.05, 0.1) is 0 Å². The predicted molar refractivity (Wildman–Crippen MR) is 116 cm³/mol. The lowest BCUT2D eigenvalue weighted by Crippen LogP contribution is -2.50. The number of hydrogen-bond acceptors (Lipinski definition) is 3. The van der Waals surface area contributed by atoms with Crippen LogP contribution in [0, 0.1) is 18.7 Å². The molecule has 2 amide bonds. The zero-order valence-electron chi connectivity index (χ0n) is 18.2. The van der Waals surface area contributed by atoms with Crippen molar-refractivity contribution in [3.05, 3.63) is 65.5 Å². The van der Waals surface area contributed by atoms with Crippen LogP contribution in [0.2, 0.25) is 0 Å². The molecule has 30 heavy (non-hydrogen) atoms. The molecule has 0 aromatic heterocycles. The van der Waals surface area contributed by atoms with Crippen LogP contribution in [0.15, 0.2) is 48.5 Å². The number of nitrogens with zero attached hydrogens (tertiary/aromatic N) is 1. The van der Waals surface area contributed by atoms with E-state index in [0.29, 0.717) is 31.2 Å². The first kappa shape index (κ1) is 23.4. The summed E-state index contributed by atoms with van der Waals surface area (Å²) in [6.07, 6.45) is 0.484. The molecule has 162 valence electrons. The lowest BCUT2D eigenvalue weighted by Gasteiger charge is -2.31. The van der Waals surface area contributed by atoms with Crippen LogP contribution in [-0.2, 0) is 16.1 Å². The second kappa shape index (κ2) is 11.3. The third kappa shape index (κ3) is 6.87. The normalized spacial score (nSPS) is 11.8. The number of ether oxygens (including phenoxy) is 1. The SMILES string of the molecule is CC[C@H](C(=O)NCC(C)C)N(Cc1ccccc1C)C(=O)COc1ccc(F)cc1. The molecule has 6 heteroatoms. The highest BCUT2D eigenvalue weighted by Crippen LogP contribution is 2.17. The minimum atomic E-state index is -0.604. The average molecular weight is 415 g/mol.